The molecule has 0 spiro atoms. The average Bonchev–Trinajstić information content (AvgIpc) is 3.21. The van der Waals surface area contributed by atoms with Gasteiger partial charge in [-0.1, -0.05) is 17.7 Å². The third kappa shape index (κ3) is 4.77. The molecule has 4 aliphatic rings. The van der Waals surface area contributed by atoms with E-state index in [1.807, 2.05) is 13.0 Å². The number of halogens is 1. The molecule has 4 rings (SSSR count). The highest BCUT2D eigenvalue weighted by atomic mass is 35.5. The number of ether oxygens (including phenoxy) is 1. The van der Waals surface area contributed by atoms with Gasteiger partial charge in [-0.3, -0.25) is 14.8 Å². The van der Waals surface area contributed by atoms with Gasteiger partial charge in [0.1, 0.15) is 17.3 Å². The van der Waals surface area contributed by atoms with Crippen LogP contribution in [0.3, 0.4) is 0 Å². The minimum atomic E-state index is -0.288. The second kappa shape index (κ2) is 10.6. The molecule has 5 N–H and O–H groups in total. The second-order valence-electron chi connectivity index (χ2n) is 9.33. The Balaban J connectivity index is 1.62. The van der Waals surface area contributed by atoms with Crippen molar-refractivity contribution in [3.8, 4) is 0 Å². The maximum absolute atomic E-state index is 12.2. The Hall–Kier alpha value is -2.62. The van der Waals surface area contributed by atoms with E-state index in [9.17, 15) is 4.79 Å². The summed E-state index contributed by atoms with van der Waals surface area (Å²) in [5.74, 6) is 1.19. The Bertz CT molecular complexity index is 1070. The van der Waals surface area contributed by atoms with Crippen LogP contribution < -0.4 is 16.5 Å². The molecule has 0 aromatic heterocycles. The molecule has 0 aromatic rings. The van der Waals surface area contributed by atoms with Crippen molar-refractivity contribution in [2.24, 2.45) is 27.6 Å². The zero-order valence-electron chi connectivity index (χ0n) is 20.8. The van der Waals surface area contributed by atoms with Crippen LogP contribution in [0.4, 0.5) is 0 Å². The number of amidine groups is 1. The summed E-state index contributed by atoms with van der Waals surface area (Å²) in [4.78, 5) is 21.2. The number of aliphatic hydroxyl groups is 1. The number of aliphatic hydroxyl groups excluding tert-OH is 1. The van der Waals surface area contributed by atoms with E-state index in [-0.39, 0.29) is 43.0 Å². The Morgan fingerprint density at radius 3 is 2.86 bits per heavy atom. The van der Waals surface area contributed by atoms with Crippen LogP contribution in [0.15, 0.2) is 55.3 Å². The van der Waals surface area contributed by atoms with E-state index < -0.39 is 0 Å². The predicted octanol–water partition coefficient (Wildman–Crippen LogP) is 1.77. The van der Waals surface area contributed by atoms with E-state index in [0.717, 1.165) is 33.9 Å². The maximum atomic E-state index is 12.2. The molecule has 4 atom stereocenters. The van der Waals surface area contributed by atoms with Crippen LogP contribution in [-0.4, -0.2) is 73.0 Å². The quantitative estimate of drug-likeness (QED) is 0.420. The summed E-state index contributed by atoms with van der Waals surface area (Å²) in [7, 11) is 1.71. The third-order valence-corrected chi connectivity index (χ3v) is 7.68. The average molecular weight is 503 g/mol. The molecule has 3 heterocycles. The molecule has 1 aliphatic carbocycles. The van der Waals surface area contributed by atoms with Crippen LogP contribution >= 0.6 is 11.6 Å². The summed E-state index contributed by atoms with van der Waals surface area (Å²) in [6.07, 6.45) is 5.24. The highest BCUT2D eigenvalue weighted by Gasteiger charge is 2.41. The topological polar surface area (TPSA) is 125 Å². The van der Waals surface area contributed by atoms with Gasteiger partial charge >= 0.3 is 0 Å². The number of hydrogen-bond donors (Lipinski definition) is 4. The number of carbonyl (C=O) groups excluding carboxylic acids is 1. The summed E-state index contributed by atoms with van der Waals surface area (Å²) in [5, 5.41) is 14.6. The number of nitrogens with two attached hydrogens (primary N) is 1. The fraction of sp³-hybridized carbons (Fsp3) is 0.560. The second-order valence-corrected chi connectivity index (χ2v) is 9.79. The predicted molar refractivity (Wildman–Crippen MR) is 138 cm³/mol. The number of methoxy groups -OCH3 is 1. The largest absolute Gasteiger partial charge is 0.500 e. The molecule has 35 heavy (non-hydrogen) atoms. The molecule has 0 bridgehead atoms. The van der Waals surface area contributed by atoms with E-state index in [1.165, 1.54) is 5.70 Å². The van der Waals surface area contributed by atoms with Gasteiger partial charge < -0.3 is 25.9 Å². The smallest absolute Gasteiger partial charge is 0.269 e. The van der Waals surface area contributed by atoms with Crippen molar-refractivity contribution in [3.63, 3.8) is 0 Å². The number of dihydropyridines is 2. The first-order valence-electron chi connectivity index (χ1n) is 12.1. The van der Waals surface area contributed by atoms with Crippen LogP contribution in [0.25, 0.3) is 0 Å². The van der Waals surface area contributed by atoms with E-state index >= 15 is 0 Å². The summed E-state index contributed by atoms with van der Waals surface area (Å²) in [6, 6.07) is 0.145. The van der Waals surface area contributed by atoms with Crippen LogP contribution in [0, 0.1) is 11.8 Å². The van der Waals surface area contributed by atoms with Crippen molar-refractivity contribution >= 4 is 29.1 Å². The molecule has 9 nitrogen and oxygen atoms in total. The molecule has 10 heteroatoms. The Morgan fingerprint density at radius 2 is 2.20 bits per heavy atom. The molecule has 190 valence electrons. The van der Waals surface area contributed by atoms with Crippen LogP contribution in [0.2, 0.25) is 0 Å². The Kier molecular flexibility index (Phi) is 7.68. The lowest BCUT2D eigenvalue weighted by Gasteiger charge is -2.40. The van der Waals surface area contributed by atoms with Gasteiger partial charge in [-0.2, -0.15) is 0 Å². The van der Waals surface area contributed by atoms with Gasteiger partial charge in [0, 0.05) is 53.2 Å². The first kappa shape index (κ1) is 25.5. The van der Waals surface area contributed by atoms with Crippen molar-refractivity contribution in [1.29, 1.82) is 0 Å². The van der Waals surface area contributed by atoms with Crippen molar-refractivity contribution in [2.45, 2.75) is 45.7 Å². The SMILES string of the molecule is COC1=C(C2C=CC(C(=O)NCCO)=NC2)C(C)=C(Cl)CC1C(C)N1NC(C)C2=C1CCN=C2N. The van der Waals surface area contributed by atoms with Crippen molar-refractivity contribution in [1.82, 2.24) is 15.8 Å². The lowest BCUT2D eigenvalue weighted by Crippen LogP contribution is -2.47. The molecule has 0 aromatic carbocycles. The lowest BCUT2D eigenvalue weighted by molar-refractivity contribution is -0.114. The van der Waals surface area contributed by atoms with Gasteiger partial charge in [-0.15, -0.1) is 0 Å². The first-order valence-corrected chi connectivity index (χ1v) is 12.5. The first-order chi connectivity index (χ1) is 16.8. The molecule has 0 saturated carbocycles. The maximum Gasteiger partial charge on any atom is 0.269 e. The number of nitrogens with zero attached hydrogens (tertiary/aromatic N) is 3. The number of carbonyl (C=O) groups is 1. The minimum absolute atomic E-state index is 0.0180. The van der Waals surface area contributed by atoms with Crippen molar-refractivity contribution in [2.75, 3.05) is 33.4 Å². The van der Waals surface area contributed by atoms with Gasteiger partial charge in [0.15, 0.2) is 0 Å². The van der Waals surface area contributed by atoms with E-state index in [2.05, 4.69) is 39.6 Å². The minimum Gasteiger partial charge on any atom is -0.500 e. The zero-order valence-corrected chi connectivity index (χ0v) is 21.5. The van der Waals surface area contributed by atoms with E-state index in [0.29, 0.717) is 31.1 Å². The van der Waals surface area contributed by atoms with Crippen LogP contribution in [0.1, 0.15) is 33.6 Å². The number of hydrogen-bond acceptors (Lipinski definition) is 8. The molecule has 0 saturated heterocycles. The standard InChI is InChI=1S/C25H35ClN6O3/c1-13-18(26)11-17(15(3)32-20-7-8-28-24(27)22(20)14(2)31-32)23(35-4)21(13)16-5-6-19(30-12-16)25(34)29-9-10-33/h5-6,14-17,31,33H,7-12H2,1-4H3,(H2,27,28)(H,29,34). The fourth-order valence-electron chi connectivity index (χ4n) is 5.46. The molecule has 4 unspecified atom stereocenters. The van der Waals surface area contributed by atoms with Crippen LogP contribution in [0.5, 0.6) is 0 Å². The van der Waals surface area contributed by atoms with Crippen molar-refractivity contribution < 1.29 is 14.6 Å². The molecular formula is C25H35ClN6O3. The number of allylic oxidation sites excluding steroid dienone is 2. The van der Waals surface area contributed by atoms with Gasteiger partial charge in [-0.05, 0) is 38.8 Å². The normalized spacial score (nSPS) is 27.6. The Morgan fingerprint density at radius 1 is 1.43 bits per heavy atom. The number of aliphatic imine (C=N–C) groups is 2. The number of hydrazine groups is 1. The number of amides is 1. The lowest BCUT2D eigenvalue weighted by atomic mass is 9.78. The van der Waals surface area contributed by atoms with E-state index in [4.69, 9.17) is 27.2 Å². The van der Waals surface area contributed by atoms with E-state index in [1.54, 1.807) is 13.2 Å². The van der Waals surface area contributed by atoms with Gasteiger partial charge in [0.05, 0.1) is 32.3 Å². The fourth-order valence-corrected chi connectivity index (χ4v) is 5.73. The molecular weight excluding hydrogens is 468 g/mol. The van der Waals surface area contributed by atoms with Gasteiger partial charge in [0.25, 0.3) is 5.91 Å². The molecule has 1 amide bonds. The molecule has 0 fully saturated rings. The molecule has 0 radical (unpaired) electrons. The van der Waals surface area contributed by atoms with Crippen molar-refractivity contribution in [3.05, 3.63) is 45.4 Å². The molecule has 3 aliphatic heterocycles. The summed E-state index contributed by atoms with van der Waals surface area (Å²) < 4.78 is 6.06. The number of rotatable bonds is 7. The highest BCUT2D eigenvalue weighted by molar-refractivity contribution is 6.43. The number of nitrogens with one attached hydrogen (secondary N) is 2. The van der Waals surface area contributed by atoms with Crippen LogP contribution in [-0.2, 0) is 9.53 Å². The van der Waals surface area contributed by atoms with Gasteiger partial charge in [0.2, 0.25) is 0 Å². The third-order valence-electron chi connectivity index (χ3n) is 7.24. The highest BCUT2D eigenvalue weighted by Crippen LogP contribution is 2.44. The van der Waals surface area contributed by atoms with Gasteiger partial charge in [-0.25, -0.2) is 5.43 Å². The summed E-state index contributed by atoms with van der Waals surface area (Å²) in [5.41, 5.74) is 14.5. The monoisotopic (exact) mass is 502 g/mol. The zero-order chi connectivity index (χ0) is 25.3. The summed E-state index contributed by atoms with van der Waals surface area (Å²) >= 11 is 6.83. The Labute approximate surface area is 211 Å². The summed E-state index contributed by atoms with van der Waals surface area (Å²) in [6.45, 7) is 7.50.